The van der Waals surface area contributed by atoms with E-state index in [1.54, 1.807) is 16.7 Å². The highest BCUT2D eigenvalue weighted by atomic mass is 35.5. The Morgan fingerprint density at radius 1 is 1.33 bits per heavy atom. The smallest absolute Gasteiger partial charge is 0.317 e. The Kier molecular flexibility index (Phi) is 4.97. The summed E-state index contributed by atoms with van der Waals surface area (Å²) < 4.78 is 1.77. The van der Waals surface area contributed by atoms with Crippen molar-refractivity contribution in [2.45, 2.75) is 32.2 Å². The van der Waals surface area contributed by atoms with Gasteiger partial charge in [-0.25, -0.2) is 9.78 Å². The molecule has 142 valence electrons. The predicted octanol–water partition coefficient (Wildman–Crippen LogP) is 3.76. The largest absolute Gasteiger partial charge is 0.332 e. The number of likely N-dealkylation sites (tertiary alicyclic amines) is 1. The molecule has 0 aliphatic carbocycles. The van der Waals surface area contributed by atoms with Crippen LogP contribution in [-0.2, 0) is 6.54 Å². The van der Waals surface area contributed by atoms with Crippen LogP contribution in [0.15, 0.2) is 24.7 Å². The Morgan fingerprint density at radius 2 is 2.11 bits per heavy atom. The number of aromatic nitrogens is 4. The molecule has 0 aromatic carbocycles. The summed E-state index contributed by atoms with van der Waals surface area (Å²) >= 11 is 12.2. The van der Waals surface area contributed by atoms with Gasteiger partial charge in [0.1, 0.15) is 0 Å². The van der Waals surface area contributed by atoms with Crippen molar-refractivity contribution in [1.29, 1.82) is 0 Å². The zero-order valence-electron chi connectivity index (χ0n) is 14.9. The summed E-state index contributed by atoms with van der Waals surface area (Å²) in [5.74, 6) is 0.457. The highest BCUT2D eigenvalue weighted by Gasteiger charge is 2.25. The molecule has 9 heteroatoms. The molecule has 4 heterocycles. The molecular formula is C18H20Cl2N6O. The number of H-pyrrole nitrogens is 1. The Labute approximate surface area is 166 Å². The third-order valence-corrected chi connectivity index (χ3v) is 5.52. The fourth-order valence-corrected chi connectivity index (χ4v) is 4.13. The first-order chi connectivity index (χ1) is 13.0. The summed E-state index contributed by atoms with van der Waals surface area (Å²) in [4.78, 5) is 18.8. The molecular weight excluding hydrogens is 387 g/mol. The van der Waals surface area contributed by atoms with Gasteiger partial charge in [0.25, 0.3) is 0 Å². The lowest BCUT2D eigenvalue weighted by Crippen LogP contribution is -2.43. The van der Waals surface area contributed by atoms with Crippen LogP contribution in [0.4, 0.5) is 4.79 Å². The number of hydrogen-bond donors (Lipinski definition) is 2. The summed E-state index contributed by atoms with van der Waals surface area (Å²) in [6.07, 6.45) is 7.34. The van der Waals surface area contributed by atoms with E-state index in [9.17, 15) is 4.79 Å². The van der Waals surface area contributed by atoms with Crippen LogP contribution in [0.25, 0.3) is 5.65 Å². The predicted molar refractivity (Wildman–Crippen MR) is 104 cm³/mol. The average Bonchev–Trinajstić information content (AvgIpc) is 3.26. The first-order valence-corrected chi connectivity index (χ1v) is 9.62. The van der Waals surface area contributed by atoms with Crippen LogP contribution in [0.5, 0.6) is 0 Å². The van der Waals surface area contributed by atoms with Gasteiger partial charge in [-0.15, -0.1) is 0 Å². The lowest BCUT2D eigenvalue weighted by atomic mass is 9.90. The quantitative estimate of drug-likeness (QED) is 0.694. The molecule has 7 nitrogen and oxygen atoms in total. The Balaban J connectivity index is 1.34. The second-order valence-corrected chi connectivity index (χ2v) is 7.68. The molecule has 0 bridgehead atoms. The molecule has 0 unspecified atom stereocenters. The number of nitrogens with zero attached hydrogens (tertiary/aromatic N) is 4. The second-order valence-electron chi connectivity index (χ2n) is 6.84. The van der Waals surface area contributed by atoms with E-state index >= 15 is 0 Å². The highest BCUT2D eigenvalue weighted by molar-refractivity contribution is 6.36. The Morgan fingerprint density at radius 3 is 2.81 bits per heavy atom. The number of hydrogen-bond acceptors (Lipinski definition) is 3. The summed E-state index contributed by atoms with van der Waals surface area (Å²) in [7, 11) is 0. The van der Waals surface area contributed by atoms with Gasteiger partial charge in [-0.3, -0.25) is 5.10 Å². The molecule has 4 rings (SSSR count). The maximum absolute atomic E-state index is 12.5. The van der Waals surface area contributed by atoms with E-state index in [4.69, 9.17) is 23.2 Å². The monoisotopic (exact) mass is 406 g/mol. The van der Waals surface area contributed by atoms with Crippen molar-refractivity contribution in [3.05, 3.63) is 51.7 Å². The van der Waals surface area contributed by atoms with Crippen LogP contribution in [0.1, 0.15) is 35.7 Å². The number of aryl methyl sites for hydroxylation is 1. The molecule has 1 aliphatic rings. The minimum Gasteiger partial charge on any atom is -0.332 e. The molecule has 0 spiro atoms. The third-order valence-electron chi connectivity index (χ3n) is 5.03. The van der Waals surface area contributed by atoms with Crippen molar-refractivity contribution in [3.8, 4) is 0 Å². The Bertz CT molecular complexity index is 974. The molecule has 0 saturated carbocycles. The number of nitrogens with one attached hydrogen (secondary N) is 2. The van der Waals surface area contributed by atoms with Gasteiger partial charge in [0.05, 0.1) is 28.5 Å². The van der Waals surface area contributed by atoms with Crippen molar-refractivity contribution < 1.29 is 4.79 Å². The number of urea groups is 1. The van der Waals surface area contributed by atoms with Gasteiger partial charge in [-0.2, -0.15) is 5.10 Å². The summed E-state index contributed by atoms with van der Waals surface area (Å²) in [5, 5.41) is 11.0. The van der Waals surface area contributed by atoms with Crippen molar-refractivity contribution >= 4 is 34.9 Å². The SMILES string of the molecule is Cc1[nH]ncc1C1CCN(C(=O)NCc2cn3cc(Cl)cc(Cl)c3n2)CC1. The zero-order chi connectivity index (χ0) is 19.0. The molecule has 3 aromatic rings. The highest BCUT2D eigenvalue weighted by Crippen LogP contribution is 2.29. The van der Waals surface area contributed by atoms with Crippen LogP contribution in [-0.4, -0.2) is 43.6 Å². The van der Waals surface area contributed by atoms with E-state index in [2.05, 4.69) is 20.5 Å². The van der Waals surface area contributed by atoms with Crippen LogP contribution in [0.2, 0.25) is 10.0 Å². The number of rotatable bonds is 3. The van der Waals surface area contributed by atoms with E-state index in [0.29, 0.717) is 28.2 Å². The molecule has 27 heavy (non-hydrogen) atoms. The number of imidazole rings is 1. The second kappa shape index (κ2) is 7.40. The van der Waals surface area contributed by atoms with E-state index in [1.165, 1.54) is 5.56 Å². The van der Waals surface area contributed by atoms with Gasteiger partial charge in [0.15, 0.2) is 5.65 Å². The van der Waals surface area contributed by atoms with Crippen molar-refractivity contribution in [2.75, 3.05) is 13.1 Å². The maximum Gasteiger partial charge on any atom is 0.317 e. The number of piperidine rings is 1. The minimum atomic E-state index is -0.0708. The number of aromatic amines is 1. The van der Waals surface area contributed by atoms with Crippen LogP contribution in [0, 0.1) is 6.92 Å². The fraction of sp³-hybridized carbons (Fsp3) is 0.389. The molecule has 1 saturated heterocycles. The number of halogens is 2. The van der Waals surface area contributed by atoms with Gasteiger partial charge >= 0.3 is 6.03 Å². The zero-order valence-corrected chi connectivity index (χ0v) is 16.4. The van der Waals surface area contributed by atoms with E-state index in [0.717, 1.165) is 37.3 Å². The molecule has 1 aliphatic heterocycles. The van der Waals surface area contributed by atoms with Crippen molar-refractivity contribution in [3.63, 3.8) is 0 Å². The average molecular weight is 407 g/mol. The van der Waals surface area contributed by atoms with Gasteiger partial charge in [0.2, 0.25) is 0 Å². The van der Waals surface area contributed by atoms with E-state index in [-0.39, 0.29) is 6.03 Å². The van der Waals surface area contributed by atoms with Crippen LogP contribution in [0.3, 0.4) is 0 Å². The summed E-state index contributed by atoms with van der Waals surface area (Å²) in [6, 6.07) is 1.58. The molecule has 1 fully saturated rings. The Hall–Kier alpha value is -2.25. The summed E-state index contributed by atoms with van der Waals surface area (Å²) in [6.45, 7) is 3.84. The molecule has 2 amide bonds. The molecule has 0 atom stereocenters. The van der Waals surface area contributed by atoms with Gasteiger partial charge in [0, 0.05) is 31.2 Å². The third kappa shape index (κ3) is 3.75. The maximum atomic E-state index is 12.5. The minimum absolute atomic E-state index is 0.0708. The van der Waals surface area contributed by atoms with Gasteiger partial charge < -0.3 is 14.6 Å². The van der Waals surface area contributed by atoms with Gasteiger partial charge in [-0.05, 0) is 37.3 Å². The summed E-state index contributed by atoms with van der Waals surface area (Å²) in [5.41, 5.74) is 3.73. The van der Waals surface area contributed by atoms with Crippen molar-refractivity contribution in [1.82, 2.24) is 29.8 Å². The number of amides is 2. The lowest BCUT2D eigenvalue weighted by Gasteiger charge is -2.31. The van der Waals surface area contributed by atoms with Crippen LogP contribution < -0.4 is 5.32 Å². The first kappa shape index (κ1) is 18.1. The lowest BCUT2D eigenvalue weighted by molar-refractivity contribution is 0.181. The first-order valence-electron chi connectivity index (χ1n) is 8.86. The molecule has 3 aromatic heterocycles. The number of carbonyl (C=O) groups excluding carboxylic acids is 1. The molecule has 0 radical (unpaired) electrons. The standard InChI is InChI=1S/C18H20Cl2N6O/c1-11-15(8-22-24-11)12-2-4-25(5-3-12)18(27)21-7-14-10-26-9-13(19)6-16(20)17(26)23-14/h6,8-10,12H,2-5,7H2,1H3,(H,21,27)(H,22,24). The topological polar surface area (TPSA) is 78.3 Å². The number of pyridine rings is 1. The fourth-order valence-electron chi connectivity index (χ4n) is 3.60. The van der Waals surface area contributed by atoms with Crippen molar-refractivity contribution in [2.24, 2.45) is 0 Å². The van der Waals surface area contributed by atoms with Gasteiger partial charge in [-0.1, -0.05) is 23.2 Å². The van der Waals surface area contributed by atoms with Crippen LogP contribution >= 0.6 is 23.2 Å². The normalized spacial score (nSPS) is 15.4. The number of fused-ring (bicyclic) bond motifs is 1. The molecule has 2 N–H and O–H groups in total. The van der Waals surface area contributed by atoms with E-state index in [1.807, 2.05) is 24.2 Å². The number of carbonyl (C=O) groups is 1. The van der Waals surface area contributed by atoms with E-state index < -0.39 is 0 Å².